The molecule has 14 heteroatoms. The molecule has 46 heavy (non-hydrogen) atoms. The number of fused-ring (bicyclic) bond motifs is 1. The molecular weight excluding hydrogens is 612 g/mol. The second-order valence-corrected chi connectivity index (χ2v) is 13.6. The first-order valence-corrected chi connectivity index (χ1v) is 17.1. The van der Waals surface area contributed by atoms with Crippen LogP contribution in [0, 0.1) is 5.92 Å². The Hall–Kier alpha value is -3.50. The molecule has 2 aliphatic heterocycles. The summed E-state index contributed by atoms with van der Waals surface area (Å²) in [5.41, 5.74) is 2.95. The van der Waals surface area contributed by atoms with E-state index in [-0.39, 0.29) is 36.6 Å². The predicted molar refractivity (Wildman–Crippen MR) is 171 cm³/mol. The Morgan fingerprint density at radius 1 is 1.00 bits per heavy atom. The van der Waals surface area contributed by atoms with Crippen molar-refractivity contribution in [2.45, 2.75) is 49.8 Å². The minimum Gasteiger partial charge on any atom is -0.387 e. The van der Waals surface area contributed by atoms with Gasteiger partial charge in [-0.05, 0) is 29.9 Å². The monoisotopic (exact) mass is 652 g/mol. The predicted octanol–water partition coefficient (Wildman–Crippen LogP) is 2.18. The van der Waals surface area contributed by atoms with E-state index in [1.54, 1.807) is 0 Å². The number of sulfonamides is 1. The summed E-state index contributed by atoms with van der Waals surface area (Å²) in [6.07, 6.45) is -1.34. The van der Waals surface area contributed by atoms with Crippen molar-refractivity contribution in [2.75, 3.05) is 44.5 Å². The fraction of sp³-hybridized carbons (Fsp3) is 0.469. The summed E-state index contributed by atoms with van der Waals surface area (Å²) in [6.45, 7) is 1.51. The summed E-state index contributed by atoms with van der Waals surface area (Å²) >= 11 is 0. The molecule has 0 aliphatic carbocycles. The van der Waals surface area contributed by atoms with Crippen molar-refractivity contribution >= 4 is 27.0 Å². The van der Waals surface area contributed by atoms with Crippen molar-refractivity contribution in [3.8, 4) is 0 Å². The molecule has 0 radical (unpaired) electrons. The van der Waals surface area contributed by atoms with E-state index in [9.17, 15) is 18.6 Å². The number of rotatable bonds is 13. The topological polar surface area (TPSA) is 170 Å². The highest BCUT2D eigenvalue weighted by Crippen LogP contribution is 2.33. The van der Waals surface area contributed by atoms with Crippen LogP contribution in [0.5, 0.6) is 0 Å². The SMILES string of the molecule is COCC1OC(n2cnc3c(NCC(c4ccccc4)c4ccccc4)nc(CNS(=O)(=O)CC4CCOCC4)nc32)C(O)C1O. The number of imidazole rings is 1. The molecular formula is C32H40N6O7S. The number of nitrogens with one attached hydrogen (secondary N) is 2. The van der Waals surface area contributed by atoms with E-state index >= 15 is 0 Å². The Bertz CT molecular complexity index is 1650. The van der Waals surface area contributed by atoms with E-state index in [1.165, 1.54) is 18.0 Å². The lowest BCUT2D eigenvalue weighted by atomic mass is 9.91. The van der Waals surface area contributed by atoms with Gasteiger partial charge < -0.3 is 29.7 Å². The van der Waals surface area contributed by atoms with Crippen LogP contribution in [-0.2, 0) is 30.8 Å². The van der Waals surface area contributed by atoms with Gasteiger partial charge in [-0.1, -0.05) is 60.7 Å². The number of aliphatic hydroxyl groups excluding tert-OH is 2. The molecule has 13 nitrogen and oxygen atoms in total. The summed E-state index contributed by atoms with van der Waals surface area (Å²) < 4.78 is 46.7. The van der Waals surface area contributed by atoms with E-state index in [4.69, 9.17) is 19.2 Å². The number of anilines is 1. The van der Waals surface area contributed by atoms with E-state index in [0.29, 0.717) is 49.6 Å². The molecule has 2 fully saturated rings. The lowest BCUT2D eigenvalue weighted by molar-refractivity contribution is -0.0580. The molecule has 0 bridgehead atoms. The molecule has 2 aromatic heterocycles. The van der Waals surface area contributed by atoms with Gasteiger partial charge in [-0.25, -0.2) is 28.1 Å². The third kappa shape index (κ3) is 7.39. The van der Waals surface area contributed by atoms with Gasteiger partial charge >= 0.3 is 0 Å². The summed E-state index contributed by atoms with van der Waals surface area (Å²) in [5, 5.41) is 24.9. The average molecular weight is 653 g/mol. The van der Waals surface area contributed by atoms with Gasteiger partial charge in [0.05, 0.1) is 25.2 Å². The third-order valence-electron chi connectivity index (χ3n) is 8.53. The standard InChI is InChI=1S/C32H40N6O7S/c1-43-18-25-28(39)29(40)32(45-25)38-20-34-27-30(33-16-24(22-8-4-2-5-9-22)23-10-6-3-7-11-23)36-26(37-31(27)38)17-35-46(41,42)19-21-12-14-44-15-13-21/h2-11,20-21,24-25,28-29,32,35,39-40H,12-19H2,1H3,(H,33,36,37). The van der Waals surface area contributed by atoms with E-state index < -0.39 is 34.6 Å². The van der Waals surface area contributed by atoms with Gasteiger partial charge in [-0.2, -0.15) is 0 Å². The van der Waals surface area contributed by atoms with Gasteiger partial charge in [0.15, 0.2) is 23.2 Å². The van der Waals surface area contributed by atoms with Crippen molar-refractivity contribution in [3.05, 3.63) is 83.9 Å². The Balaban J connectivity index is 1.31. The van der Waals surface area contributed by atoms with Crippen molar-refractivity contribution in [1.82, 2.24) is 24.2 Å². The first kappa shape index (κ1) is 32.4. The smallest absolute Gasteiger partial charge is 0.212 e. The van der Waals surface area contributed by atoms with Crippen molar-refractivity contribution in [2.24, 2.45) is 5.92 Å². The molecule has 4 heterocycles. The van der Waals surface area contributed by atoms with Crippen LogP contribution in [0.3, 0.4) is 0 Å². The Labute approximate surface area is 268 Å². The maximum atomic E-state index is 13.0. The number of hydrogen-bond donors (Lipinski definition) is 4. The molecule has 2 aromatic carbocycles. The molecule has 2 saturated heterocycles. The van der Waals surface area contributed by atoms with E-state index in [1.807, 2.05) is 36.4 Å². The molecule has 0 saturated carbocycles. The van der Waals surface area contributed by atoms with Crippen LogP contribution in [0.2, 0.25) is 0 Å². The Morgan fingerprint density at radius 3 is 2.33 bits per heavy atom. The van der Waals surface area contributed by atoms with Crippen LogP contribution in [0.15, 0.2) is 67.0 Å². The second-order valence-electron chi connectivity index (χ2n) is 11.7. The number of nitrogens with zero attached hydrogens (tertiary/aromatic N) is 4. The minimum absolute atomic E-state index is 0.00163. The number of aliphatic hydroxyl groups is 2. The average Bonchev–Trinajstić information content (AvgIpc) is 3.61. The largest absolute Gasteiger partial charge is 0.387 e. The highest BCUT2D eigenvalue weighted by Gasteiger charge is 2.44. The third-order valence-corrected chi connectivity index (χ3v) is 10.0. The summed E-state index contributed by atoms with van der Waals surface area (Å²) in [6, 6.07) is 20.2. The summed E-state index contributed by atoms with van der Waals surface area (Å²) in [7, 11) is -2.14. The lowest BCUT2D eigenvalue weighted by Crippen LogP contribution is -2.33. The number of ether oxygens (including phenoxy) is 3. The van der Waals surface area contributed by atoms with E-state index in [0.717, 1.165) is 11.1 Å². The van der Waals surface area contributed by atoms with Crippen molar-refractivity contribution < 1.29 is 32.8 Å². The minimum atomic E-state index is -3.63. The van der Waals surface area contributed by atoms with Crippen molar-refractivity contribution in [3.63, 3.8) is 0 Å². The van der Waals surface area contributed by atoms with Gasteiger partial charge in [0.25, 0.3) is 0 Å². The van der Waals surface area contributed by atoms with Crippen LogP contribution in [0.4, 0.5) is 5.82 Å². The number of benzene rings is 2. The second kappa shape index (κ2) is 14.5. The molecule has 4 unspecified atom stereocenters. The number of hydrogen-bond acceptors (Lipinski definition) is 11. The van der Waals surface area contributed by atoms with Crippen LogP contribution >= 0.6 is 0 Å². The lowest BCUT2D eigenvalue weighted by Gasteiger charge is -2.22. The molecule has 0 spiro atoms. The van der Waals surface area contributed by atoms with Crippen LogP contribution < -0.4 is 10.0 Å². The first-order valence-electron chi connectivity index (χ1n) is 15.5. The molecule has 0 amide bonds. The molecule has 4 atom stereocenters. The first-order chi connectivity index (χ1) is 22.3. The van der Waals surface area contributed by atoms with Gasteiger partial charge in [0, 0.05) is 32.8 Å². The molecule has 4 N–H and O–H groups in total. The van der Waals surface area contributed by atoms with Gasteiger partial charge in [0.1, 0.15) is 24.1 Å². The number of aromatic nitrogens is 4. The number of methoxy groups -OCH3 is 1. The molecule has 2 aliphatic rings. The quantitative estimate of drug-likeness (QED) is 0.167. The van der Waals surface area contributed by atoms with Crippen LogP contribution in [0.25, 0.3) is 11.2 Å². The van der Waals surface area contributed by atoms with Gasteiger partial charge in [-0.15, -0.1) is 0 Å². The normalized spacial score (nSPS) is 22.5. The highest BCUT2D eigenvalue weighted by molar-refractivity contribution is 7.89. The Kier molecular flexibility index (Phi) is 10.2. The maximum absolute atomic E-state index is 13.0. The zero-order valence-electron chi connectivity index (χ0n) is 25.6. The zero-order chi connectivity index (χ0) is 32.1. The molecule has 6 rings (SSSR count). The van der Waals surface area contributed by atoms with Crippen LogP contribution in [-0.4, -0.2) is 95.7 Å². The van der Waals surface area contributed by atoms with Gasteiger partial charge in [0.2, 0.25) is 10.0 Å². The summed E-state index contributed by atoms with van der Waals surface area (Å²) in [4.78, 5) is 13.9. The molecule has 4 aromatic rings. The Morgan fingerprint density at radius 2 is 1.67 bits per heavy atom. The van der Waals surface area contributed by atoms with Gasteiger partial charge in [-0.3, -0.25) is 4.57 Å². The maximum Gasteiger partial charge on any atom is 0.212 e. The fourth-order valence-corrected chi connectivity index (χ4v) is 7.49. The fourth-order valence-electron chi connectivity index (χ4n) is 6.07. The zero-order valence-corrected chi connectivity index (χ0v) is 26.4. The highest BCUT2D eigenvalue weighted by atomic mass is 32.2. The molecule has 246 valence electrons. The van der Waals surface area contributed by atoms with Crippen molar-refractivity contribution in [1.29, 1.82) is 0 Å². The summed E-state index contributed by atoms with van der Waals surface area (Å²) in [5.74, 6) is 0.610. The van der Waals surface area contributed by atoms with Crippen LogP contribution in [0.1, 0.15) is 41.9 Å². The van der Waals surface area contributed by atoms with E-state index in [2.05, 4.69) is 44.3 Å².